The van der Waals surface area contributed by atoms with Gasteiger partial charge in [-0.3, -0.25) is 22.9 Å². The number of carbonyl (C=O) groups excluding carboxylic acids is 1. The molecular formula is C74H97BCl3N13O15S. The van der Waals surface area contributed by atoms with Crippen molar-refractivity contribution in [2.75, 3.05) is 36.9 Å². The molecule has 0 amide bonds. The van der Waals surface area contributed by atoms with Gasteiger partial charge in [0.15, 0.2) is 17.9 Å². The first-order valence-electron chi connectivity index (χ1n) is 34.9. The Hall–Kier alpha value is -7.78. The third-order valence-electron chi connectivity index (χ3n) is 20.7. The molecular weight excluding hydrogens is 1460 g/mol. The van der Waals surface area contributed by atoms with E-state index in [0.717, 1.165) is 71.9 Å². The third kappa shape index (κ3) is 19.3. The van der Waals surface area contributed by atoms with Crippen LogP contribution in [0.5, 0.6) is 0 Å². The van der Waals surface area contributed by atoms with E-state index in [4.69, 9.17) is 95.2 Å². The normalized spacial score (nSPS) is 27.8. The Bertz CT molecular complexity index is 4480. The van der Waals surface area contributed by atoms with Crippen molar-refractivity contribution in [2.45, 2.75) is 186 Å². The van der Waals surface area contributed by atoms with Gasteiger partial charge in [-0.15, -0.1) is 0 Å². The van der Waals surface area contributed by atoms with Gasteiger partial charge in [-0.2, -0.15) is 58.3 Å². The maximum Gasteiger partial charge on any atom is 0.450 e. The van der Waals surface area contributed by atoms with Crippen LogP contribution in [-0.4, -0.2) is 145 Å². The lowest BCUT2D eigenvalue weighted by Gasteiger charge is -2.34. The number of nitrogens with zero attached hydrogens (tertiary/aromatic N) is 9. The van der Waals surface area contributed by atoms with Crippen LogP contribution < -0.4 is 23.2 Å². The van der Waals surface area contributed by atoms with Crippen LogP contribution in [0.15, 0.2) is 152 Å². The minimum absolute atomic E-state index is 0.0837. The summed E-state index contributed by atoms with van der Waals surface area (Å²) in [5.41, 5.74) is 17.3. The van der Waals surface area contributed by atoms with Crippen molar-refractivity contribution >= 4 is 78.7 Å². The molecule has 0 radical (unpaired) electrons. The van der Waals surface area contributed by atoms with E-state index in [0.29, 0.717) is 54.1 Å². The number of aliphatic hydroxyl groups excluding tert-OH is 2. The van der Waals surface area contributed by atoms with Gasteiger partial charge in [0.2, 0.25) is 0 Å². The largest absolute Gasteiger partial charge is 0.450 e. The predicted octanol–water partition coefficient (Wildman–Crippen LogP) is 10.8. The molecule has 16 atom stereocenters. The molecule has 0 bridgehead atoms. The summed E-state index contributed by atoms with van der Waals surface area (Å²) >= 11 is 14.4. The standard InChI is InChI=1S/C21H26N4O2.C20H25N3O2.C20H26N2O3.C12H16N4O4.CH4O4S.BCl3/c1-4-18-14(2)21(3,26-12-15-8-6-5-7-9-15)19(27-18)16-10-11-17-20(22)23-13-24-25(16)17;1-4-18-14(2)20(3,24-13-15-8-6-5-7-9-15)19(25-18)17-11-10-16(12-21)23(17)22;1-4-18-14(2)20(3,24-13-15-8-6-5-7-9-15)19(25-18)17-11-10-16(12-23)22(17)21;1-12(19)9(18)8(4-17)20-10(12)6-2-3-7-11(13)14-5-15-16(6)7;1-5-6(2,3)4;2-1(3)4/h5-11,13-14,18-19H,4,12H2,1-3H3,(H2,22,23,24);5-11,14,18-19H,4,13,22H2,1-3H3;5-12,14,18-19H,4,13,21H2,1-3H3;2-3,5,8-10,17-19H,4H2,1H3,(H2,13,14,15);1H3,(H,2,3,4);/t14-,18-,19?,21-;2*14-,18-,19?,20-;8-,9-,10?,12-;;/m1111../s1. The highest BCUT2D eigenvalue weighted by Gasteiger charge is 2.57. The molecule has 4 aliphatic heterocycles. The average molecular weight is 1560 g/mol. The summed E-state index contributed by atoms with van der Waals surface area (Å²) in [6.07, 6.45) is 2.81. The number of ether oxygens (including phenoxy) is 7. The Morgan fingerprint density at radius 3 is 1.23 bits per heavy atom. The Morgan fingerprint density at radius 1 is 0.579 bits per heavy atom. The monoisotopic (exact) mass is 1560 g/mol. The van der Waals surface area contributed by atoms with Gasteiger partial charge in [-0.05, 0) is 112 Å². The number of anilines is 2. The van der Waals surface area contributed by atoms with Crippen LogP contribution >= 0.6 is 34.4 Å². The van der Waals surface area contributed by atoms with Crippen LogP contribution in [0.4, 0.5) is 11.6 Å². The van der Waals surface area contributed by atoms with Gasteiger partial charge in [0.1, 0.15) is 100 Å². The van der Waals surface area contributed by atoms with Crippen molar-refractivity contribution in [2.24, 2.45) is 17.8 Å². The highest BCUT2D eigenvalue weighted by molar-refractivity contribution is 7.80. The van der Waals surface area contributed by atoms with Gasteiger partial charge >= 0.3 is 15.4 Å². The van der Waals surface area contributed by atoms with Gasteiger partial charge in [0, 0.05) is 17.8 Å². The van der Waals surface area contributed by atoms with Gasteiger partial charge in [0.25, 0.3) is 0 Å². The van der Waals surface area contributed by atoms with Crippen LogP contribution in [-0.2, 0) is 67.6 Å². The highest BCUT2D eigenvalue weighted by atomic mass is 35.6. The topological polar surface area (TPSA) is 404 Å². The molecule has 12 N–H and O–H groups in total. The lowest BCUT2D eigenvalue weighted by atomic mass is 9.83. The molecule has 0 aliphatic carbocycles. The second-order valence-electron chi connectivity index (χ2n) is 27.1. The number of carbonyl (C=O) groups is 1. The first kappa shape index (κ1) is 84.8. The van der Waals surface area contributed by atoms with Gasteiger partial charge in [0.05, 0.1) is 74.6 Å². The zero-order valence-corrected chi connectivity index (χ0v) is 64.7. The number of nitrogen functional groups attached to an aromatic ring is 4. The Morgan fingerprint density at radius 2 is 0.916 bits per heavy atom. The lowest BCUT2D eigenvalue weighted by Crippen LogP contribution is -2.43. The van der Waals surface area contributed by atoms with Crippen molar-refractivity contribution in [3.8, 4) is 6.07 Å². The van der Waals surface area contributed by atoms with Gasteiger partial charge in [-0.1, -0.05) is 133 Å². The molecule has 0 saturated carbocycles. The van der Waals surface area contributed by atoms with E-state index in [1.54, 1.807) is 24.3 Å². The fourth-order valence-electron chi connectivity index (χ4n) is 13.9. The quantitative estimate of drug-likeness (QED) is 0.0161. The number of hydrogen-bond donors (Lipinski definition) is 8. The van der Waals surface area contributed by atoms with Crippen molar-refractivity contribution in [1.82, 2.24) is 38.5 Å². The average Bonchev–Trinajstić information content (AvgIpc) is 1.62. The van der Waals surface area contributed by atoms with Gasteiger partial charge in [-0.25, -0.2) is 19.0 Å². The third-order valence-corrected chi connectivity index (χ3v) is 21.1. The molecule has 13 rings (SSSR count). The fraction of sp³-hybridized carbons (Fsp3) is 0.459. The number of benzene rings is 3. The van der Waals surface area contributed by atoms with E-state index >= 15 is 0 Å². The first-order valence-corrected chi connectivity index (χ1v) is 37.6. The summed E-state index contributed by atoms with van der Waals surface area (Å²) in [6, 6.07) is 47.0. The minimum atomic E-state index is -4.16. The van der Waals surface area contributed by atoms with Crippen molar-refractivity contribution in [3.63, 3.8) is 0 Å². The van der Waals surface area contributed by atoms with Crippen molar-refractivity contribution < 1.29 is 70.4 Å². The van der Waals surface area contributed by atoms with Crippen molar-refractivity contribution in [3.05, 3.63) is 203 Å². The second kappa shape index (κ2) is 37.1. The molecule has 107 heavy (non-hydrogen) atoms. The summed E-state index contributed by atoms with van der Waals surface area (Å²) in [6.45, 7) is 21.8. The molecule has 0 spiro atoms. The van der Waals surface area contributed by atoms with E-state index in [1.807, 2.05) is 95.5 Å². The SMILES string of the molecule is CC[C@H]1OC(c2ccc(C#N)n2N)[C@](C)(OCc2ccccc2)[C@@H]1C.CC[C@H]1OC(c2ccc(C=O)n2N)[C@](C)(OCc2ccccc2)[C@@H]1C.CC[C@H]1OC(c2ccc3c(N)ncnn23)[C@](C)(OCc2ccccc2)[C@@H]1C.COS(=O)(=O)O.C[C@]1(O)C(c2ccc3c(N)ncnn23)O[C@H](CO)[C@H]1O.ClB(Cl)Cl. The van der Waals surface area contributed by atoms with E-state index in [-0.39, 0.29) is 61.0 Å². The maximum atomic E-state index is 11.1. The van der Waals surface area contributed by atoms with E-state index < -0.39 is 56.1 Å². The van der Waals surface area contributed by atoms with Crippen LogP contribution in [0.2, 0.25) is 0 Å². The van der Waals surface area contributed by atoms with E-state index in [9.17, 15) is 33.8 Å². The summed E-state index contributed by atoms with van der Waals surface area (Å²) in [7, 11) is -3.29. The number of halogens is 3. The Balaban J connectivity index is 0.000000173. The maximum absolute atomic E-state index is 11.1. The molecule has 6 aromatic heterocycles. The summed E-state index contributed by atoms with van der Waals surface area (Å²) in [5, 5.41) is 47.3. The number of rotatable bonds is 19. The summed E-state index contributed by atoms with van der Waals surface area (Å²) in [5.74, 6) is 13.6. The molecule has 33 heteroatoms. The Labute approximate surface area is 638 Å². The zero-order chi connectivity index (χ0) is 78.3. The lowest BCUT2D eigenvalue weighted by molar-refractivity contribution is -0.107. The Kier molecular flexibility index (Phi) is 29.4. The number of hydrogen-bond acceptors (Lipinski definition) is 23. The number of aldehydes is 1. The number of aliphatic hydroxyl groups is 3. The number of nitrogens with two attached hydrogens (primary N) is 4. The molecule has 578 valence electrons. The van der Waals surface area contributed by atoms with Crippen LogP contribution in [0, 0.1) is 29.1 Å². The number of fused-ring (bicyclic) bond motifs is 2. The smallest absolute Gasteiger partial charge is 0.394 e. The predicted molar refractivity (Wildman–Crippen MR) is 407 cm³/mol. The van der Waals surface area contributed by atoms with Crippen molar-refractivity contribution in [1.29, 1.82) is 5.26 Å². The highest BCUT2D eigenvalue weighted by Crippen LogP contribution is 2.52. The van der Waals surface area contributed by atoms with Crippen LogP contribution in [0.3, 0.4) is 0 Å². The number of nitriles is 1. The molecule has 4 aliphatic rings. The minimum Gasteiger partial charge on any atom is -0.394 e. The van der Waals surface area contributed by atoms with E-state index in [1.165, 1.54) is 33.4 Å². The molecule has 3 aromatic carbocycles. The molecule has 4 fully saturated rings. The van der Waals surface area contributed by atoms with Crippen LogP contribution in [0.25, 0.3) is 11.0 Å². The molecule has 10 heterocycles. The molecule has 9 aromatic rings. The fourth-order valence-corrected chi connectivity index (χ4v) is 13.9. The molecule has 4 unspecified atom stereocenters. The van der Waals surface area contributed by atoms with E-state index in [2.05, 4.69) is 117 Å². The molecule has 4 saturated heterocycles. The van der Waals surface area contributed by atoms with Crippen LogP contribution in [0.1, 0.15) is 169 Å². The number of aromatic nitrogens is 8. The summed E-state index contributed by atoms with van der Waals surface area (Å²) in [4.78, 5) is 18.4. The second-order valence-corrected chi connectivity index (χ2v) is 30.2. The molecule has 28 nitrogen and oxygen atoms in total. The first-order chi connectivity index (χ1) is 50.8. The van der Waals surface area contributed by atoms with Gasteiger partial charge < -0.3 is 71.6 Å². The summed E-state index contributed by atoms with van der Waals surface area (Å²) < 4.78 is 79.9. The zero-order valence-electron chi connectivity index (χ0n) is 61.6.